The Labute approximate surface area is 123 Å². The molecule has 0 amide bonds. The SMILES string of the molecule is CCCOc1ccccc1C1(O)CC(C)CC(C)(C)C1. The van der Waals surface area contributed by atoms with Crippen LogP contribution in [0.4, 0.5) is 0 Å². The van der Waals surface area contributed by atoms with Gasteiger partial charge in [0, 0.05) is 5.56 Å². The number of aliphatic hydroxyl groups is 1. The fourth-order valence-corrected chi connectivity index (χ4v) is 3.92. The number of benzene rings is 1. The van der Waals surface area contributed by atoms with Crippen LogP contribution in [0.1, 0.15) is 58.9 Å². The molecule has 2 nitrogen and oxygen atoms in total. The Bertz CT molecular complexity index is 452. The van der Waals surface area contributed by atoms with E-state index in [1.165, 1.54) is 6.42 Å². The Morgan fingerprint density at radius 2 is 1.95 bits per heavy atom. The van der Waals surface area contributed by atoms with E-state index < -0.39 is 5.60 Å². The van der Waals surface area contributed by atoms with E-state index in [0.717, 1.165) is 30.6 Å². The molecule has 0 radical (unpaired) electrons. The van der Waals surface area contributed by atoms with Crippen molar-refractivity contribution < 1.29 is 9.84 Å². The van der Waals surface area contributed by atoms with Crippen LogP contribution in [0.2, 0.25) is 0 Å². The molecule has 1 N–H and O–H groups in total. The third kappa shape index (κ3) is 3.35. The summed E-state index contributed by atoms with van der Waals surface area (Å²) in [6.45, 7) is 9.54. The van der Waals surface area contributed by atoms with Crippen LogP contribution in [-0.2, 0) is 5.60 Å². The second-order valence-corrected chi connectivity index (χ2v) is 7.23. The minimum Gasteiger partial charge on any atom is -0.493 e. The van der Waals surface area contributed by atoms with Crippen molar-refractivity contribution in [1.82, 2.24) is 0 Å². The van der Waals surface area contributed by atoms with E-state index in [4.69, 9.17) is 4.74 Å². The normalized spacial score (nSPS) is 29.1. The molecule has 1 aromatic carbocycles. The largest absolute Gasteiger partial charge is 0.493 e. The van der Waals surface area contributed by atoms with Crippen molar-refractivity contribution in [2.45, 2.75) is 59.0 Å². The first-order valence-electron chi connectivity index (χ1n) is 7.81. The predicted octanol–water partition coefficient (Wildman–Crippen LogP) is 4.51. The summed E-state index contributed by atoms with van der Waals surface area (Å²) in [6.07, 6.45) is 3.78. The molecule has 1 aliphatic carbocycles. The van der Waals surface area contributed by atoms with Crippen molar-refractivity contribution in [1.29, 1.82) is 0 Å². The number of hydrogen-bond acceptors (Lipinski definition) is 2. The average molecular weight is 276 g/mol. The minimum absolute atomic E-state index is 0.171. The fourth-order valence-electron chi connectivity index (χ4n) is 3.92. The van der Waals surface area contributed by atoms with Crippen LogP contribution in [0.15, 0.2) is 24.3 Å². The number of rotatable bonds is 4. The van der Waals surface area contributed by atoms with E-state index in [2.05, 4.69) is 27.7 Å². The molecule has 1 aliphatic rings. The van der Waals surface area contributed by atoms with E-state index in [1.807, 2.05) is 24.3 Å². The minimum atomic E-state index is -0.758. The first-order valence-corrected chi connectivity index (χ1v) is 7.81. The van der Waals surface area contributed by atoms with Crippen LogP contribution in [0.25, 0.3) is 0 Å². The molecule has 0 aliphatic heterocycles. The van der Waals surface area contributed by atoms with Crippen molar-refractivity contribution >= 4 is 0 Å². The number of para-hydroxylation sites is 1. The van der Waals surface area contributed by atoms with E-state index >= 15 is 0 Å². The highest BCUT2D eigenvalue weighted by molar-refractivity contribution is 5.38. The molecule has 0 spiro atoms. The molecule has 1 aromatic rings. The maximum atomic E-state index is 11.2. The lowest BCUT2D eigenvalue weighted by atomic mass is 9.64. The standard InChI is InChI=1S/C18H28O2/c1-5-10-20-16-9-7-6-8-15(16)18(19)12-14(2)11-17(3,4)13-18/h6-9,14,19H,5,10-13H2,1-4H3. The molecule has 2 atom stereocenters. The Hall–Kier alpha value is -1.02. The molecule has 0 aromatic heterocycles. The predicted molar refractivity (Wildman–Crippen MR) is 82.9 cm³/mol. The third-order valence-electron chi connectivity index (χ3n) is 4.21. The Morgan fingerprint density at radius 1 is 1.25 bits per heavy atom. The summed E-state index contributed by atoms with van der Waals surface area (Å²) in [5.41, 5.74) is 0.378. The molecule has 1 saturated carbocycles. The van der Waals surface area contributed by atoms with Gasteiger partial charge in [0.05, 0.1) is 12.2 Å². The highest BCUT2D eigenvalue weighted by Crippen LogP contribution is 2.50. The lowest BCUT2D eigenvalue weighted by Crippen LogP contribution is -2.40. The summed E-state index contributed by atoms with van der Waals surface area (Å²) in [7, 11) is 0. The molecular formula is C18H28O2. The van der Waals surface area contributed by atoms with Crippen LogP contribution >= 0.6 is 0 Å². The summed E-state index contributed by atoms with van der Waals surface area (Å²) in [4.78, 5) is 0. The van der Waals surface area contributed by atoms with Crippen molar-refractivity contribution in [3.63, 3.8) is 0 Å². The van der Waals surface area contributed by atoms with Crippen molar-refractivity contribution in [3.05, 3.63) is 29.8 Å². The topological polar surface area (TPSA) is 29.5 Å². The molecule has 112 valence electrons. The number of hydrogen-bond donors (Lipinski definition) is 1. The molecule has 1 fully saturated rings. The molecule has 0 bridgehead atoms. The summed E-state index contributed by atoms with van der Waals surface area (Å²) in [6, 6.07) is 7.99. The van der Waals surface area contributed by atoms with Crippen LogP contribution in [0.3, 0.4) is 0 Å². The zero-order valence-corrected chi connectivity index (χ0v) is 13.3. The monoisotopic (exact) mass is 276 g/mol. The van der Waals surface area contributed by atoms with Gasteiger partial charge >= 0.3 is 0 Å². The van der Waals surface area contributed by atoms with Gasteiger partial charge in [-0.1, -0.05) is 45.9 Å². The van der Waals surface area contributed by atoms with Crippen LogP contribution in [0.5, 0.6) is 5.75 Å². The van der Waals surface area contributed by atoms with E-state index in [-0.39, 0.29) is 5.41 Å². The Balaban J connectivity index is 2.33. The van der Waals surface area contributed by atoms with Crippen molar-refractivity contribution in [3.8, 4) is 5.75 Å². The average Bonchev–Trinajstić information content (AvgIpc) is 2.33. The van der Waals surface area contributed by atoms with Gasteiger partial charge in [-0.2, -0.15) is 0 Å². The van der Waals surface area contributed by atoms with Gasteiger partial charge in [-0.25, -0.2) is 0 Å². The van der Waals surface area contributed by atoms with Gasteiger partial charge in [0.25, 0.3) is 0 Å². The van der Waals surface area contributed by atoms with E-state index in [9.17, 15) is 5.11 Å². The smallest absolute Gasteiger partial charge is 0.125 e. The molecule has 20 heavy (non-hydrogen) atoms. The first kappa shape index (κ1) is 15.4. The Morgan fingerprint density at radius 3 is 2.60 bits per heavy atom. The zero-order valence-electron chi connectivity index (χ0n) is 13.3. The van der Waals surface area contributed by atoms with Gasteiger partial charge in [0.2, 0.25) is 0 Å². The molecular weight excluding hydrogens is 248 g/mol. The summed E-state index contributed by atoms with van der Waals surface area (Å²) < 4.78 is 5.85. The first-order chi connectivity index (χ1) is 9.36. The molecule has 2 heteroatoms. The van der Waals surface area contributed by atoms with Crippen molar-refractivity contribution in [2.24, 2.45) is 11.3 Å². The second kappa shape index (κ2) is 5.77. The van der Waals surface area contributed by atoms with Gasteiger partial charge in [-0.3, -0.25) is 0 Å². The maximum absolute atomic E-state index is 11.2. The lowest BCUT2D eigenvalue weighted by Gasteiger charge is -2.45. The summed E-state index contributed by atoms with van der Waals surface area (Å²) in [5, 5.41) is 11.2. The summed E-state index contributed by atoms with van der Waals surface area (Å²) >= 11 is 0. The van der Waals surface area contributed by atoms with Crippen LogP contribution in [-0.4, -0.2) is 11.7 Å². The molecule has 2 rings (SSSR count). The third-order valence-corrected chi connectivity index (χ3v) is 4.21. The van der Waals surface area contributed by atoms with Gasteiger partial charge in [0.1, 0.15) is 5.75 Å². The highest BCUT2D eigenvalue weighted by Gasteiger charge is 2.43. The van der Waals surface area contributed by atoms with Gasteiger partial charge in [-0.05, 0) is 43.1 Å². The lowest BCUT2D eigenvalue weighted by molar-refractivity contribution is -0.0649. The molecule has 2 unspecified atom stereocenters. The van der Waals surface area contributed by atoms with Crippen LogP contribution < -0.4 is 4.74 Å². The van der Waals surface area contributed by atoms with Gasteiger partial charge < -0.3 is 9.84 Å². The van der Waals surface area contributed by atoms with Gasteiger partial charge in [0.15, 0.2) is 0 Å². The quantitative estimate of drug-likeness (QED) is 0.876. The summed E-state index contributed by atoms with van der Waals surface area (Å²) in [5.74, 6) is 1.38. The maximum Gasteiger partial charge on any atom is 0.125 e. The highest BCUT2D eigenvalue weighted by atomic mass is 16.5. The molecule has 0 saturated heterocycles. The Kier molecular flexibility index (Phi) is 4.43. The van der Waals surface area contributed by atoms with Crippen molar-refractivity contribution in [2.75, 3.05) is 6.61 Å². The fraction of sp³-hybridized carbons (Fsp3) is 0.667. The number of ether oxygens (including phenoxy) is 1. The van der Waals surface area contributed by atoms with E-state index in [1.54, 1.807) is 0 Å². The zero-order chi connectivity index (χ0) is 14.8. The van der Waals surface area contributed by atoms with Crippen LogP contribution in [0, 0.1) is 11.3 Å². The van der Waals surface area contributed by atoms with Gasteiger partial charge in [-0.15, -0.1) is 0 Å². The van der Waals surface area contributed by atoms with E-state index in [0.29, 0.717) is 12.5 Å². The molecule has 0 heterocycles. The second-order valence-electron chi connectivity index (χ2n) is 7.23.